The van der Waals surface area contributed by atoms with E-state index in [-0.39, 0.29) is 18.7 Å². The molecule has 5 nitrogen and oxygen atoms in total. The molecular weight excluding hydrogens is 342 g/mol. The average Bonchev–Trinajstić information content (AvgIpc) is 2.69. The maximum absolute atomic E-state index is 11.9. The van der Waals surface area contributed by atoms with Crippen LogP contribution in [0.15, 0.2) is 15.9 Å². The number of halogens is 1. The number of carboxylic acids is 1. The molecule has 1 aromatic rings. The number of hydrogen-bond donors (Lipinski definition) is 1. The number of hydrogen-bond acceptors (Lipinski definition) is 4. The molecule has 1 rings (SSSR count). The van der Waals surface area contributed by atoms with Crippen molar-refractivity contribution >= 4 is 43.3 Å². The molecule has 1 N–H and O–H groups in total. The minimum Gasteiger partial charge on any atom is -0.481 e. The second kappa shape index (κ2) is 6.65. The quantitative estimate of drug-likeness (QED) is 0.812. The highest BCUT2D eigenvalue weighted by Crippen LogP contribution is 2.24. The molecule has 0 spiro atoms. The summed E-state index contributed by atoms with van der Waals surface area (Å²) in [6, 6.07) is 3.71. The maximum atomic E-state index is 11.9. The third-order valence-corrected chi connectivity index (χ3v) is 5.78. The van der Waals surface area contributed by atoms with Gasteiger partial charge in [0.1, 0.15) is 0 Å². The third-order valence-electron chi connectivity index (χ3n) is 2.28. The van der Waals surface area contributed by atoms with Crippen molar-refractivity contribution in [3.05, 3.63) is 20.8 Å². The molecule has 0 aliphatic carbocycles. The Labute approximate surface area is 119 Å². The van der Waals surface area contributed by atoms with Crippen LogP contribution < -0.4 is 0 Å². The van der Waals surface area contributed by atoms with E-state index in [4.69, 9.17) is 5.11 Å². The number of thiophene rings is 1. The van der Waals surface area contributed by atoms with Crippen LogP contribution in [-0.2, 0) is 21.4 Å². The minimum absolute atomic E-state index is 0.286. The lowest BCUT2D eigenvalue weighted by Crippen LogP contribution is -2.32. The molecular formula is C10H14BrNO4S2. The van der Waals surface area contributed by atoms with Gasteiger partial charge in [0.25, 0.3) is 0 Å². The van der Waals surface area contributed by atoms with E-state index in [9.17, 15) is 13.2 Å². The molecule has 0 radical (unpaired) electrons. The Bertz CT molecular complexity index is 512. The number of carbonyl (C=O) groups is 1. The zero-order chi connectivity index (χ0) is 13.8. The number of sulfonamides is 1. The predicted octanol–water partition coefficient (Wildman–Crippen LogP) is 2.14. The fourth-order valence-electron chi connectivity index (χ4n) is 1.36. The summed E-state index contributed by atoms with van der Waals surface area (Å²) in [5, 5.41) is 8.54. The van der Waals surface area contributed by atoms with Crippen molar-refractivity contribution < 1.29 is 18.3 Å². The molecule has 0 saturated heterocycles. The first-order valence-corrected chi connectivity index (χ1v) is 8.51. The van der Waals surface area contributed by atoms with E-state index in [1.54, 1.807) is 6.92 Å². The Balaban J connectivity index is 2.73. The highest BCUT2D eigenvalue weighted by molar-refractivity contribution is 9.11. The van der Waals surface area contributed by atoms with Crippen LogP contribution in [0.4, 0.5) is 0 Å². The molecule has 8 heteroatoms. The van der Waals surface area contributed by atoms with E-state index in [0.717, 1.165) is 8.66 Å². The van der Waals surface area contributed by atoms with Gasteiger partial charge in [0, 0.05) is 18.0 Å². The fraction of sp³-hybridized carbons (Fsp3) is 0.500. The summed E-state index contributed by atoms with van der Waals surface area (Å²) in [6.07, 6.45) is -0.368. The van der Waals surface area contributed by atoms with Crippen molar-refractivity contribution in [3.8, 4) is 0 Å². The van der Waals surface area contributed by atoms with Crippen LogP contribution >= 0.6 is 27.3 Å². The second-order valence-electron chi connectivity index (χ2n) is 3.59. The zero-order valence-electron chi connectivity index (χ0n) is 9.80. The Kier molecular flexibility index (Phi) is 5.77. The van der Waals surface area contributed by atoms with E-state index in [2.05, 4.69) is 15.9 Å². The van der Waals surface area contributed by atoms with Crippen LogP contribution in [0, 0.1) is 0 Å². The summed E-state index contributed by atoms with van der Waals surface area (Å²) in [7, 11) is -3.51. The first-order valence-electron chi connectivity index (χ1n) is 5.29. The van der Waals surface area contributed by atoms with Crippen molar-refractivity contribution in [3.63, 3.8) is 0 Å². The summed E-state index contributed by atoms with van der Waals surface area (Å²) < 4.78 is 26.1. The van der Waals surface area contributed by atoms with Gasteiger partial charge in [-0.15, -0.1) is 11.3 Å². The van der Waals surface area contributed by atoms with Gasteiger partial charge in [-0.3, -0.25) is 4.79 Å². The van der Waals surface area contributed by atoms with Gasteiger partial charge >= 0.3 is 5.97 Å². The Morgan fingerprint density at radius 3 is 2.61 bits per heavy atom. The molecule has 0 aromatic carbocycles. The maximum Gasteiger partial charge on any atom is 0.304 e. The van der Waals surface area contributed by atoms with E-state index in [0.29, 0.717) is 6.54 Å². The zero-order valence-corrected chi connectivity index (χ0v) is 13.0. The first-order chi connectivity index (χ1) is 8.35. The summed E-state index contributed by atoms with van der Waals surface area (Å²) in [5.41, 5.74) is 0. The predicted molar refractivity (Wildman–Crippen MR) is 74.1 cm³/mol. The molecule has 0 saturated carbocycles. The topological polar surface area (TPSA) is 74.7 Å². The van der Waals surface area contributed by atoms with Gasteiger partial charge in [0.15, 0.2) is 0 Å². The number of rotatable bonds is 7. The number of nitrogens with zero attached hydrogens (tertiary/aromatic N) is 1. The smallest absolute Gasteiger partial charge is 0.304 e. The summed E-state index contributed by atoms with van der Waals surface area (Å²) >= 11 is 4.78. The summed E-state index contributed by atoms with van der Waals surface area (Å²) in [6.45, 7) is 2.35. The van der Waals surface area contributed by atoms with E-state index >= 15 is 0 Å². The van der Waals surface area contributed by atoms with Gasteiger partial charge in [-0.1, -0.05) is 6.92 Å². The molecule has 0 amide bonds. The van der Waals surface area contributed by atoms with Crippen LogP contribution in [0.1, 0.15) is 18.2 Å². The van der Waals surface area contributed by atoms with Gasteiger partial charge in [0.05, 0.1) is 16.0 Å². The Hall–Kier alpha value is -0.440. The lowest BCUT2D eigenvalue weighted by molar-refractivity contribution is -0.136. The van der Waals surface area contributed by atoms with Gasteiger partial charge in [-0.2, -0.15) is 4.31 Å². The van der Waals surface area contributed by atoms with Crippen molar-refractivity contribution in [2.45, 2.75) is 19.9 Å². The van der Waals surface area contributed by atoms with Crippen LogP contribution in [0.25, 0.3) is 0 Å². The van der Waals surface area contributed by atoms with E-state index in [1.807, 2.05) is 12.1 Å². The van der Waals surface area contributed by atoms with Crippen molar-refractivity contribution in [1.82, 2.24) is 4.31 Å². The molecule has 0 aliphatic rings. The third kappa shape index (κ3) is 4.68. The normalized spacial score (nSPS) is 11.9. The number of aliphatic carboxylic acids is 1. The molecule has 0 aliphatic heterocycles. The van der Waals surface area contributed by atoms with Crippen molar-refractivity contribution in [2.75, 3.05) is 12.3 Å². The van der Waals surface area contributed by atoms with Crippen LogP contribution in [-0.4, -0.2) is 36.1 Å². The molecule has 1 heterocycles. The van der Waals surface area contributed by atoms with Gasteiger partial charge in [-0.25, -0.2) is 8.42 Å². The average molecular weight is 356 g/mol. The molecule has 1 aromatic heterocycles. The van der Waals surface area contributed by atoms with Gasteiger partial charge in [-0.05, 0) is 28.1 Å². The second-order valence-corrected chi connectivity index (χ2v) is 8.23. The molecule has 18 heavy (non-hydrogen) atoms. The standard InChI is InChI=1S/C10H14BrNO4S2/c1-2-12(7-8-3-4-9(11)17-8)18(15,16)6-5-10(13)14/h3-4H,2,5-7H2,1H3,(H,13,14). The van der Waals surface area contributed by atoms with Crippen LogP contribution in [0.2, 0.25) is 0 Å². The minimum atomic E-state index is -3.51. The lowest BCUT2D eigenvalue weighted by Gasteiger charge is -2.19. The molecule has 0 atom stereocenters. The van der Waals surface area contributed by atoms with Gasteiger partial charge < -0.3 is 5.11 Å². The highest BCUT2D eigenvalue weighted by Gasteiger charge is 2.22. The van der Waals surface area contributed by atoms with E-state index < -0.39 is 16.0 Å². The van der Waals surface area contributed by atoms with Crippen molar-refractivity contribution in [2.24, 2.45) is 0 Å². The lowest BCUT2D eigenvalue weighted by atomic mass is 10.4. The number of carboxylic acid groups (broad SMARTS) is 1. The molecule has 102 valence electrons. The van der Waals surface area contributed by atoms with Crippen LogP contribution in [0.5, 0.6) is 0 Å². The summed E-state index contributed by atoms with van der Waals surface area (Å²) in [5.74, 6) is -1.46. The Morgan fingerprint density at radius 2 is 2.17 bits per heavy atom. The molecule has 0 fully saturated rings. The van der Waals surface area contributed by atoms with Gasteiger partial charge in [0.2, 0.25) is 10.0 Å². The SMILES string of the molecule is CCN(Cc1ccc(Br)s1)S(=O)(=O)CCC(=O)O. The van der Waals surface area contributed by atoms with Crippen LogP contribution in [0.3, 0.4) is 0 Å². The molecule has 0 unspecified atom stereocenters. The molecule has 0 bridgehead atoms. The fourth-order valence-corrected chi connectivity index (χ4v) is 4.36. The van der Waals surface area contributed by atoms with Crippen molar-refractivity contribution in [1.29, 1.82) is 0 Å². The largest absolute Gasteiger partial charge is 0.481 e. The monoisotopic (exact) mass is 355 g/mol. The first kappa shape index (κ1) is 15.6. The highest BCUT2D eigenvalue weighted by atomic mass is 79.9. The Morgan fingerprint density at radius 1 is 1.50 bits per heavy atom. The summed E-state index contributed by atoms with van der Waals surface area (Å²) in [4.78, 5) is 11.4. The van der Waals surface area contributed by atoms with E-state index in [1.165, 1.54) is 15.6 Å².